The van der Waals surface area contributed by atoms with Gasteiger partial charge in [0.15, 0.2) is 5.78 Å². The smallest absolute Gasteiger partial charge is 0.225 e. The van der Waals surface area contributed by atoms with Crippen LogP contribution in [0.3, 0.4) is 0 Å². The number of piperidine rings is 1. The summed E-state index contributed by atoms with van der Waals surface area (Å²) in [4.78, 5) is 33.4. The number of allylic oxidation sites excluding steroid dienone is 1. The lowest BCUT2D eigenvalue weighted by Gasteiger charge is -2.20. The molecule has 1 amide bonds. The molecule has 1 saturated heterocycles. The maximum absolute atomic E-state index is 11.6. The van der Waals surface area contributed by atoms with Gasteiger partial charge in [0, 0.05) is 6.42 Å². The van der Waals surface area contributed by atoms with Gasteiger partial charge in [0.1, 0.15) is 11.8 Å². The molecule has 0 bridgehead atoms. The lowest BCUT2D eigenvalue weighted by Crippen LogP contribution is -2.45. The van der Waals surface area contributed by atoms with Gasteiger partial charge in [-0.25, -0.2) is 0 Å². The average Bonchev–Trinajstić information content (AvgIpc) is 2.31. The van der Waals surface area contributed by atoms with Gasteiger partial charge in [0.25, 0.3) is 0 Å². The minimum Gasteiger partial charge on any atom is -0.342 e. The van der Waals surface area contributed by atoms with Gasteiger partial charge in [-0.1, -0.05) is 39.0 Å². The highest BCUT2D eigenvalue weighted by atomic mass is 16.2. The third-order valence-electron chi connectivity index (χ3n) is 2.31. The van der Waals surface area contributed by atoms with Crippen molar-refractivity contribution in [1.29, 1.82) is 0 Å². The van der Waals surface area contributed by atoms with E-state index in [-0.39, 0.29) is 23.9 Å². The van der Waals surface area contributed by atoms with Crippen LogP contribution in [0.2, 0.25) is 0 Å². The normalized spacial score (nSPS) is 18.9. The Kier molecular flexibility index (Phi) is 8.42. The Balaban J connectivity index is 0.000000982. The summed E-state index contributed by atoms with van der Waals surface area (Å²) >= 11 is 0. The van der Waals surface area contributed by atoms with E-state index in [1.54, 1.807) is 12.2 Å². The summed E-state index contributed by atoms with van der Waals surface area (Å²) in [6, 6.07) is -0.610. The molecule has 0 spiro atoms. The number of Topliss-reactive ketones (excluding diaryl/α,β-unsaturated/α-hetero) is 2. The second-order valence-corrected chi connectivity index (χ2v) is 4.57. The van der Waals surface area contributed by atoms with E-state index in [2.05, 4.69) is 25.7 Å². The molecule has 1 fully saturated rings. The van der Waals surface area contributed by atoms with Gasteiger partial charge in [0.2, 0.25) is 5.91 Å². The highest BCUT2D eigenvalue weighted by molar-refractivity contribution is 6.08. The van der Waals surface area contributed by atoms with Gasteiger partial charge in [0.05, 0.1) is 6.42 Å². The third-order valence-corrected chi connectivity index (χ3v) is 2.31. The molecule has 19 heavy (non-hydrogen) atoms. The molecule has 0 saturated carbocycles. The molecule has 1 aliphatic rings. The second kappa shape index (κ2) is 9.25. The van der Waals surface area contributed by atoms with Crippen molar-refractivity contribution in [1.82, 2.24) is 5.32 Å². The van der Waals surface area contributed by atoms with Crippen LogP contribution in [0.4, 0.5) is 0 Å². The summed E-state index contributed by atoms with van der Waals surface area (Å²) in [7, 11) is 0. The predicted octanol–water partition coefficient (Wildman–Crippen LogP) is 2.34. The van der Waals surface area contributed by atoms with Gasteiger partial charge >= 0.3 is 0 Å². The van der Waals surface area contributed by atoms with E-state index in [0.717, 1.165) is 0 Å². The highest BCUT2D eigenvalue weighted by Crippen LogP contribution is 2.11. The van der Waals surface area contributed by atoms with Crippen LogP contribution in [-0.4, -0.2) is 23.5 Å². The quantitative estimate of drug-likeness (QED) is 0.627. The Labute approximate surface area is 115 Å². The molecular weight excluding hydrogens is 242 g/mol. The second-order valence-electron chi connectivity index (χ2n) is 4.57. The molecule has 1 rings (SSSR count). The maximum Gasteiger partial charge on any atom is 0.225 e. The molecule has 0 radical (unpaired) electrons. The van der Waals surface area contributed by atoms with Crippen LogP contribution in [0, 0.1) is 0 Å². The Bertz CT molecular complexity index is 383. The van der Waals surface area contributed by atoms with Crippen LogP contribution in [0.15, 0.2) is 24.3 Å². The first kappa shape index (κ1) is 17.3. The zero-order chi connectivity index (χ0) is 14.8. The molecule has 1 heterocycles. The molecule has 0 aliphatic carbocycles. The summed E-state index contributed by atoms with van der Waals surface area (Å²) in [6.07, 6.45) is 5.72. The largest absolute Gasteiger partial charge is 0.342 e. The molecule has 1 unspecified atom stereocenters. The Morgan fingerprint density at radius 1 is 1.42 bits per heavy atom. The first-order valence-corrected chi connectivity index (χ1v) is 6.59. The van der Waals surface area contributed by atoms with Crippen LogP contribution in [-0.2, 0) is 14.4 Å². The summed E-state index contributed by atoms with van der Waals surface area (Å²) in [5, 5.41) is 2.56. The number of carbonyl (C=O) groups is 3. The van der Waals surface area contributed by atoms with Crippen LogP contribution in [0.5, 0.6) is 0 Å². The summed E-state index contributed by atoms with van der Waals surface area (Å²) in [5.74, 6) is -0.238. The predicted molar refractivity (Wildman–Crippen MR) is 75.7 cm³/mol. The third kappa shape index (κ3) is 7.34. The van der Waals surface area contributed by atoms with Crippen LogP contribution in [0.25, 0.3) is 0 Å². The first-order chi connectivity index (χ1) is 8.92. The molecule has 1 N–H and O–H groups in total. The fraction of sp³-hybridized carbons (Fsp3) is 0.533. The SMILES string of the molecule is C=C1CC(=O)NC(/C=C\CCC(C)=O)C1=O.CCC. The number of rotatable bonds is 4. The minimum absolute atomic E-state index is 0.0800. The van der Waals surface area contributed by atoms with Crippen molar-refractivity contribution >= 4 is 17.5 Å². The van der Waals surface area contributed by atoms with E-state index >= 15 is 0 Å². The van der Waals surface area contributed by atoms with Crippen molar-refractivity contribution in [2.24, 2.45) is 0 Å². The van der Waals surface area contributed by atoms with Crippen LogP contribution in [0.1, 0.15) is 46.5 Å². The van der Waals surface area contributed by atoms with Gasteiger partial charge in [-0.05, 0) is 18.9 Å². The average molecular weight is 265 g/mol. The Morgan fingerprint density at radius 2 is 2.00 bits per heavy atom. The van der Waals surface area contributed by atoms with Crippen molar-refractivity contribution in [2.45, 2.75) is 52.5 Å². The van der Waals surface area contributed by atoms with Crippen molar-refractivity contribution in [2.75, 3.05) is 0 Å². The Hall–Kier alpha value is -1.71. The van der Waals surface area contributed by atoms with E-state index in [9.17, 15) is 14.4 Å². The number of carbonyl (C=O) groups excluding carboxylic acids is 3. The van der Waals surface area contributed by atoms with Crippen molar-refractivity contribution < 1.29 is 14.4 Å². The zero-order valence-electron chi connectivity index (χ0n) is 12.0. The number of hydrogen-bond acceptors (Lipinski definition) is 3. The van der Waals surface area contributed by atoms with Crippen LogP contribution < -0.4 is 5.32 Å². The monoisotopic (exact) mass is 265 g/mol. The summed E-state index contributed by atoms with van der Waals surface area (Å²) < 4.78 is 0. The summed E-state index contributed by atoms with van der Waals surface area (Å²) in [5.41, 5.74) is 0.338. The maximum atomic E-state index is 11.6. The van der Waals surface area contributed by atoms with Gasteiger partial charge < -0.3 is 10.1 Å². The van der Waals surface area contributed by atoms with E-state index in [1.807, 2.05) is 0 Å². The molecule has 0 aromatic carbocycles. The van der Waals surface area contributed by atoms with E-state index < -0.39 is 6.04 Å². The molecular formula is C15H23NO3. The number of nitrogens with one attached hydrogen (secondary N) is 1. The van der Waals surface area contributed by atoms with Crippen LogP contribution >= 0.6 is 0 Å². The van der Waals surface area contributed by atoms with E-state index in [4.69, 9.17) is 0 Å². The highest BCUT2D eigenvalue weighted by Gasteiger charge is 2.26. The zero-order valence-corrected chi connectivity index (χ0v) is 12.0. The van der Waals surface area contributed by atoms with Crippen molar-refractivity contribution in [3.63, 3.8) is 0 Å². The van der Waals surface area contributed by atoms with Crippen molar-refractivity contribution in [3.05, 3.63) is 24.3 Å². The fourth-order valence-electron chi connectivity index (χ4n) is 1.45. The van der Waals surface area contributed by atoms with E-state index in [1.165, 1.54) is 13.3 Å². The molecule has 0 aromatic rings. The fourth-order valence-corrected chi connectivity index (χ4v) is 1.45. The number of hydrogen-bond donors (Lipinski definition) is 1. The lowest BCUT2D eigenvalue weighted by atomic mass is 9.97. The van der Waals surface area contributed by atoms with Gasteiger partial charge in [-0.2, -0.15) is 0 Å². The molecule has 1 aliphatic heterocycles. The summed E-state index contributed by atoms with van der Waals surface area (Å²) in [6.45, 7) is 9.32. The Morgan fingerprint density at radius 3 is 2.53 bits per heavy atom. The number of ketones is 2. The molecule has 4 heteroatoms. The van der Waals surface area contributed by atoms with Gasteiger partial charge in [-0.3, -0.25) is 9.59 Å². The first-order valence-electron chi connectivity index (χ1n) is 6.59. The molecule has 106 valence electrons. The molecule has 4 nitrogen and oxygen atoms in total. The minimum atomic E-state index is -0.610. The van der Waals surface area contributed by atoms with Gasteiger partial charge in [-0.15, -0.1) is 0 Å². The van der Waals surface area contributed by atoms with Crippen molar-refractivity contribution in [3.8, 4) is 0 Å². The molecule has 0 aromatic heterocycles. The standard InChI is InChI=1S/C12H15NO3.C3H8/c1-8-7-11(15)13-10(12(8)16)6-4-3-5-9(2)14;1-3-2/h4,6,10H,1,3,5,7H2,2H3,(H,13,15);3H2,1-2H3/b6-4-;. The number of amides is 1. The molecule has 1 atom stereocenters. The van der Waals surface area contributed by atoms with E-state index in [0.29, 0.717) is 18.4 Å². The topological polar surface area (TPSA) is 63.2 Å². The lowest BCUT2D eigenvalue weighted by molar-refractivity contribution is -0.128.